The van der Waals surface area contributed by atoms with Crippen molar-refractivity contribution in [1.82, 2.24) is 0 Å². The van der Waals surface area contributed by atoms with E-state index in [1.54, 1.807) is 13.8 Å². The van der Waals surface area contributed by atoms with Crippen LogP contribution < -0.4 is 0 Å². The van der Waals surface area contributed by atoms with Crippen molar-refractivity contribution >= 4 is 43.8 Å². The molecule has 0 N–H and O–H groups in total. The van der Waals surface area contributed by atoms with Crippen LogP contribution in [0.25, 0.3) is 0 Å². The Labute approximate surface area is 99.6 Å². The van der Waals surface area contributed by atoms with E-state index in [9.17, 15) is 9.59 Å². The van der Waals surface area contributed by atoms with Crippen LogP contribution in [0.15, 0.2) is 0 Å². The molecule has 0 aromatic rings. The Balaban J connectivity index is 3.92. The van der Waals surface area contributed by atoms with Crippen molar-refractivity contribution < 1.29 is 19.1 Å². The Morgan fingerprint density at radius 3 is 1.50 bits per heavy atom. The van der Waals surface area contributed by atoms with Crippen LogP contribution in [-0.2, 0) is 19.1 Å². The summed E-state index contributed by atoms with van der Waals surface area (Å²) < 4.78 is 9.86. The quantitative estimate of drug-likeness (QED) is 0.567. The number of hydrogen-bond acceptors (Lipinski definition) is 4. The lowest BCUT2D eigenvalue weighted by Gasteiger charge is -2.19. The Morgan fingerprint density at radius 2 is 1.29 bits per heavy atom. The number of carbonyl (C=O) groups is 2. The fourth-order valence-corrected chi connectivity index (χ4v) is 0.934. The molecule has 0 radical (unpaired) electrons. The van der Waals surface area contributed by atoms with Gasteiger partial charge in [0.1, 0.15) is 22.9 Å². The van der Waals surface area contributed by atoms with E-state index in [1.807, 2.05) is 0 Å². The molecule has 0 aliphatic rings. The Hall–Kier alpha value is -0.100. The monoisotopic (exact) mass is 330 g/mol. The molecule has 0 saturated carbocycles. The molecule has 2 atom stereocenters. The Kier molecular flexibility index (Phi) is 7.17. The van der Waals surface area contributed by atoms with Gasteiger partial charge in [-0.1, -0.05) is 31.9 Å². The number of halogens is 2. The van der Waals surface area contributed by atoms with E-state index in [-0.39, 0.29) is 22.6 Å². The van der Waals surface area contributed by atoms with Gasteiger partial charge in [-0.25, -0.2) is 0 Å². The van der Waals surface area contributed by atoms with Crippen molar-refractivity contribution in [3.63, 3.8) is 0 Å². The summed E-state index contributed by atoms with van der Waals surface area (Å²) >= 11 is 5.93. The molecule has 0 amide bonds. The third-order valence-electron chi connectivity index (χ3n) is 1.51. The zero-order valence-electron chi connectivity index (χ0n) is 7.96. The largest absolute Gasteiger partial charge is 0.458 e. The van der Waals surface area contributed by atoms with Gasteiger partial charge in [-0.05, 0) is 13.8 Å². The summed E-state index contributed by atoms with van der Waals surface area (Å²) in [5.74, 6) is -0.751. The van der Waals surface area contributed by atoms with Crippen LogP contribution >= 0.6 is 31.9 Å². The van der Waals surface area contributed by atoms with Gasteiger partial charge in [-0.15, -0.1) is 0 Å². The highest BCUT2D eigenvalue weighted by Crippen LogP contribution is 2.05. The van der Waals surface area contributed by atoms with E-state index in [0.29, 0.717) is 0 Å². The van der Waals surface area contributed by atoms with Crippen LogP contribution in [0.2, 0.25) is 0 Å². The maximum Gasteiger partial charge on any atom is 0.316 e. The molecule has 14 heavy (non-hydrogen) atoms. The zero-order chi connectivity index (χ0) is 11.1. The lowest BCUT2D eigenvalue weighted by atomic mass is 10.2. The number of rotatable bonds is 5. The van der Waals surface area contributed by atoms with Crippen molar-refractivity contribution in [2.45, 2.75) is 26.1 Å². The third-order valence-corrected chi connectivity index (χ3v) is 2.43. The lowest BCUT2D eigenvalue weighted by molar-refractivity contribution is -0.161. The molecule has 0 aromatic heterocycles. The first-order chi connectivity index (χ1) is 6.51. The van der Waals surface area contributed by atoms with Gasteiger partial charge >= 0.3 is 11.9 Å². The average molecular weight is 332 g/mol. The third kappa shape index (κ3) is 5.59. The average Bonchev–Trinajstić information content (AvgIpc) is 2.17. The molecule has 4 nitrogen and oxygen atoms in total. The molecular formula is C8H12Br2O4. The highest BCUT2D eigenvalue weighted by Gasteiger charge is 2.19. The molecule has 0 aliphatic heterocycles. The summed E-state index contributed by atoms with van der Waals surface area (Å²) in [6.07, 6.45) is -0.883. The Bertz CT molecular complexity index is 186. The van der Waals surface area contributed by atoms with Crippen molar-refractivity contribution in [2.24, 2.45) is 0 Å². The summed E-state index contributed by atoms with van der Waals surface area (Å²) in [6.45, 7) is 3.35. The molecule has 0 saturated heterocycles. The van der Waals surface area contributed by atoms with Gasteiger partial charge < -0.3 is 9.47 Å². The first kappa shape index (κ1) is 13.9. The van der Waals surface area contributed by atoms with Crippen LogP contribution in [0.4, 0.5) is 0 Å². The fourth-order valence-electron chi connectivity index (χ4n) is 0.669. The van der Waals surface area contributed by atoms with E-state index in [0.717, 1.165) is 0 Å². The predicted molar refractivity (Wildman–Crippen MR) is 58.7 cm³/mol. The van der Waals surface area contributed by atoms with Crippen molar-refractivity contribution in [1.29, 1.82) is 0 Å². The van der Waals surface area contributed by atoms with E-state index in [1.165, 1.54) is 0 Å². The number of ether oxygens (including phenoxy) is 2. The summed E-state index contributed by atoms with van der Waals surface area (Å²) in [5, 5.41) is 0.271. The molecule has 0 heterocycles. The summed E-state index contributed by atoms with van der Waals surface area (Å²) in [4.78, 5) is 21.7. The molecule has 0 aromatic carbocycles. The number of hydrogen-bond donors (Lipinski definition) is 0. The molecule has 0 bridgehead atoms. The van der Waals surface area contributed by atoms with Crippen molar-refractivity contribution in [3.8, 4) is 0 Å². The second-order valence-electron chi connectivity index (χ2n) is 2.66. The second kappa shape index (κ2) is 7.23. The second-order valence-corrected chi connectivity index (χ2v) is 3.78. The van der Waals surface area contributed by atoms with Crippen LogP contribution in [-0.4, -0.2) is 34.8 Å². The topological polar surface area (TPSA) is 52.6 Å². The minimum absolute atomic E-state index is 0.135. The number of carbonyl (C=O) groups excluding carboxylic acids is 2. The summed E-state index contributed by atoms with van der Waals surface area (Å²) in [6, 6.07) is 0. The summed E-state index contributed by atoms with van der Waals surface area (Å²) in [7, 11) is 0. The summed E-state index contributed by atoms with van der Waals surface area (Å²) in [5.41, 5.74) is 0. The van der Waals surface area contributed by atoms with Gasteiger partial charge in [0.15, 0.2) is 0 Å². The first-order valence-electron chi connectivity index (χ1n) is 4.02. The molecule has 0 unspecified atom stereocenters. The van der Waals surface area contributed by atoms with Gasteiger partial charge in [0.05, 0.1) is 0 Å². The standard InChI is InChI=1S/C8H12Br2O4/c1-5(13-7(11)3-9)6(2)14-8(12)4-10/h5-6H,3-4H2,1-2H3/t5-,6-/m0/s1. The minimum atomic E-state index is -0.442. The van der Waals surface area contributed by atoms with E-state index >= 15 is 0 Å². The normalized spacial score (nSPS) is 14.3. The highest BCUT2D eigenvalue weighted by molar-refractivity contribution is 9.09. The van der Waals surface area contributed by atoms with Gasteiger partial charge in [0.25, 0.3) is 0 Å². The molecule has 0 fully saturated rings. The zero-order valence-corrected chi connectivity index (χ0v) is 11.1. The smallest absolute Gasteiger partial charge is 0.316 e. The molecule has 82 valence electrons. The fraction of sp³-hybridized carbons (Fsp3) is 0.750. The number of alkyl halides is 2. The maximum absolute atomic E-state index is 10.9. The molecule has 6 heteroatoms. The molecular weight excluding hydrogens is 320 g/mol. The van der Waals surface area contributed by atoms with Gasteiger partial charge in [0.2, 0.25) is 0 Å². The molecule has 0 spiro atoms. The minimum Gasteiger partial charge on any atom is -0.458 e. The van der Waals surface area contributed by atoms with Crippen molar-refractivity contribution in [3.05, 3.63) is 0 Å². The lowest BCUT2D eigenvalue weighted by Crippen LogP contribution is -2.31. The van der Waals surface area contributed by atoms with Gasteiger partial charge in [0, 0.05) is 0 Å². The van der Waals surface area contributed by atoms with Gasteiger partial charge in [-0.3, -0.25) is 9.59 Å². The van der Waals surface area contributed by atoms with Crippen molar-refractivity contribution in [2.75, 3.05) is 10.7 Å². The van der Waals surface area contributed by atoms with Crippen LogP contribution in [0, 0.1) is 0 Å². The maximum atomic E-state index is 10.9. The van der Waals surface area contributed by atoms with E-state index < -0.39 is 12.2 Å². The first-order valence-corrected chi connectivity index (χ1v) is 6.26. The van der Waals surface area contributed by atoms with Crippen LogP contribution in [0.5, 0.6) is 0 Å². The van der Waals surface area contributed by atoms with Crippen LogP contribution in [0.3, 0.4) is 0 Å². The molecule has 0 aliphatic carbocycles. The van der Waals surface area contributed by atoms with Gasteiger partial charge in [-0.2, -0.15) is 0 Å². The Morgan fingerprint density at radius 1 is 1.00 bits per heavy atom. The van der Waals surface area contributed by atoms with E-state index in [4.69, 9.17) is 9.47 Å². The van der Waals surface area contributed by atoms with E-state index in [2.05, 4.69) is 31.9 Å². The SMILES string of the molecule is C[C@H](OC(=O)CBr)[C@H](C)OC(=O)CBr. The molecule has 0 rings (SSSR count). The number of esters is 2. The predicted octanol–water partition coefficient (Wildman–Crippen LogP) is 1.64. The highest BCUT2D eigenvalue weighted by atomic mass is 79.9. The van der Waals surface area contributed by atoms with Crippen LogP contribution in [0.1, 0.15) is 13.8 Å².